The van der Waals surface area contributed by atoms with Crippen molar-refractivity contribution in [3.05, 3.63) is 47.4 Å². The molecule has 2 aromatic rings. The second-order valence-corrected chi connectivity index (χ2v) is 16.4. The summed E-state index contributed by atoms with van der Waals surface area (Å²) in [6.07, 6.45) is 1.85. The van der Waals surface area contributed by atoms with Crippen LogP contribution in [0.2, 0.25) is 17.3 Å². The van der Waals surface area contributed by atoms with Crippen LogP contribution >= 0.6 is 0 Å². The van der Waals surface area contributed by atoms with E-state index in [1.807, 2.05) is 19.2 Å². The molecule has 0 radical (unpaired) electrons. The zero-order valence-electron chi connectivity index (χ0n) is 14.7. The number of hydrogen-bond donors (Lipinski definition) is 0. The van der Waals surface area contributed by atoms with Crippen LogP contribution in [0.3, 0.4) is 0 Å². The van der Waals surface area contributed by atoms with Gasteiger partial charge >= 0.3 is 121 Å². The van der Waals surface area contributed by atoms with Gasteiger partial charge in [0.2, 0.25) is 0 Å². The van der Waals surface area contributed by atoms with E-state index >= 15 is 0 Å². The van der Waals surface area contributed by atoms with Crippen molar-refractivity contribution < 1.29 is 8.50 Å². The van der Waals surface area contributed by atoms with Crippen LogP contribution in [-0.4, -0.2) is 18.3 Å². The molecule has 0 amide bonds. The van der Waals surface area contributed by atoms with E-state index in [-0.39, 0.29) is 5.56 Å². The SMILES string of the molecule is [2H]C([2H])([2H])c1ccc(-c2cc(C)[c]([Ge]([CH3])([CH3])[CH3])cn2)c(F)c1. The van der Waals surface area contributed by atoms with Crippen LogP contribution in [0.1, 0.15) is 15.2 Å². The molecule has 0 saturated carbocycles. The Balaban J connectivity index is 2.47. The molecule has 0 N–H and O–H groups in total. The maximum absolute atomic E-state index is 14.3. The van der Waals surface area contributed by atoms with Crippen LogP contribution in [0.15, 0.2) is 30.5 Å². The predicted octanol–water partition coefficient (Wildman–Crippen LogP) is 4.05. The fraction of sp³-hybridized carbons (Fsp3) is 0.312. The summed E-state index contributed by atoms with van der Waals surface area (Å²) in [5.41, 5.74) is 2.01. The van der Waals surface area contributed by atoms with Gasteiger partial charge in [-0.2, -0.15) is 0 Å². The van der Waals surface area contributed by atoms with Gasteiger partial charge in [-0.15, -0.1) is 0 Å². The number of pyridine rings is 1. The van der Waals surface area contributed by atoms with Crippen LogP contribution < -0.4 is 4.40 Å². The first-order chi connectivity index (χ1) is 10.00. The van der Waals surface area contributed by atoms with Crippen molar-refractivity contribution >= 4 is 17.7 Å². The molecule has 1 aromatic carbocycles. The molecule has 1 aromatic heterocycles. The molecule has 19 heavy (non-hydrogen) atoms. The summed E-state index contributed by atoms with van der Waals surface area (Å²) < 4.78 is 37.5. The third-order valence-corrected chi connectivity index (χ3v) is 7.65. The van der Waals surface area contributed by atoms with Gasteiger partial charge in [-0.05, 0) is 0 Å². The van der Waals surface area contributed by atoms with Gasteiger partial charge in [0.25, 0.3) is 0 Å². The van der Waals surface area contributed by atoms with Gasteiger partial charge in [0.15, 0.2) is 0 Å². The van der Waals surface area contributed by atoms with Gasteiger partial charge in [-0.1, -0.05) is 0 Å². The summed E-state index contributed by atoms with van der Waals surface area (Å²) in [5.74, 6) is 6.31. The average Bonchev–Trinajstić information content (AvgIpc) is 2.35. The summed E-state index contributed by atoms with van der Waals surface area (Å²) in [7, 11) is 0. The van der Waals surface area contributed by atoms with Gasteiger partial charge in [0, 0.05) is 0 Å². The van der Waals surface area contributed by atoms with E-state index in [0.717, 1.165) is 11.6 Å². The molecule has 0 fully saturated rings. The Hall–Kier alpha value is -1.16. The molecule has 0 spiro atoms. The Morgan fingerprint density at radius 2 is 1.95 bits per heavy atom. The van der Waals surface area contributed by atoms with E-state index < -0.39 is 25.9 Å². The van der Waals surface area contributed by atoms with Crippen LogP contribution in [0.25, 0.3) is 11.3 Å². The summed E-state index contributed by atoms with van der Waals surface area (Å²) in [4.78, 5) is 4.40. The molecule has 1 heterocycles. The molecule has 1 nitrogen and oxygen atoms in total. The van der Waals surface area contributed by atoms with Gasteiger partial charge in [-0.3, -0.25) is 0 Å². The molecule has 100 valence electrons. The van der Waals surface area contributed by atoms with Crippen LogP contribution in [0.4, 0.5) is 4.39 Å². The first kappa shape index (κ1) is 10.6. The molecule has 3 heteroatoms. The number of benzene rings is 1. The molecule has 0 aliphatic heterocycles. The van der Waals surface area contributed by atoms with Crippen molar-refractivity contribution in [1.82, 2.24) is 4.98 Å². The molecule has 2 rings (SSSR count). The molecule has 0 bridgehead atoms. The number of hydrogen-bond acceptors (Lipinski definition) is 1. The zero-order chi connectivity index (χ0) is 16.7. The Morgan fingerprint density at radius 3 is 2.47 bits per heavy atom. The summed E-state index contributed by atoms with van der Waals surface area (Å²) >= 11 is -1.99. The number of halogens is 1. The van der Waals surface area contributed by atoms with Crippen molar-refractivity contribution in [2.24, 2.45) is 0 Å². The van der Waals surface area contributed by atoms with Gasteiger partial charge in [-0.25, -0.2) is 0 Å². The Labute approximate surface area is 121 Å². The molecule has 0 unspecified atom stereocenters. The van der Waals surface area contributed by atoms with Crippen molar-refractivity contribution in [3.8, 4) is 11.3 Å². The maximum atomic E-state index is 14.3. The minimum atomic E-state index is -2.30. The van der Waals surface area contributed by atoms with E-state index in [2.05, 4.69) is 22.3 Å². The van der Waals surface area contributed by atoms with E-state index in [9.17, 15) is 4.39 Å². The number of nitrogens with zero attached hydrogens (tertiary/aromatic N) is 1. The number of aromatic nitrogens is 1. The normalized spacial score (nSPS) is 14.7. The Kier molecular flexibility index (Phi) is 2.84. The first-order valence-electron chi connectivity index (χ1n) is 7.77. The van der Waals surface area contributed by atoms with E-state index in [0.29, 0.717) is 11.3 Å². The monoisotopic (exact) mass is 322 g/mol. The number of aryl methyl sites for hydroxylation is 2. The molecular formula is C16H20FGeN. The average molecular weight is 321 g/mol. The van der Waals surface area contributed by atoms with E-state index in [4.69, 9.17) is 4.11 Å². The first-order valence-corrected chi connectivity index (χ1v) is 13.6. The fourth-order valence-corrected chi connectivity index (χ4v) is 5.79. The molecule has 0 atom stereocenters. The summed E-state index contributed by atoms with van der Waals surface area (Å²) in [6.45, 7) is -0.280. The van der Waals surface area contributed by atoms with Crippen molar-refractivity contribution in [2.75, 3.05) is 0 Å². The van der Waals surface area contributed by atoms with Crippen LogP contribution in [0, 0.1) is 19.6 Å². The van der Waals surface area contributed by atoms with Gasteiger partial charge in [0.05, 0.1) is 0 Å². The van der Waals surface area contributed by atoms with Crippen molar-refractivity contribution in [1.29, 1.82) is 0 Å². The second kappa shape index (κ2) is 5.08. The van der Waals surface area contributed by atoms with Crippen molar-refractivity contribution in [2.45, 2.75) is 31.0 Å². The molecule has 0 aliphatic carbocycles. The quantitative estimate of drug-likeness (QED) is 0.761. The molecule has 0 saturated heterocycles. The standard InChI is InChI=1S/C16H20FGeN/c1-11-6-7-13(14(17)8-11)16-9-12(2)15(10-19-16)18(3,4)5/h6-10H,1-5H3/i1D3. The van der Waals surface area contributed by atoms with Crippen molar-refractivity contribution in [3.63, 3.8) is 0 Å². The van der Waals surface area contributed by atoms with Gasteiger partial charge < -0.3 is 0 Å². The molecule has 0 aliphatic rings. The summed E-state index contributed by atoms with van der Waals surface area (Å²) in [5, 5.41) is 0. The van der Waals surface area contributed by atoms with Crippen LogP contribution in [0.5, 0.6) is 0 Å². The third-order valence-electron chi connectivity index (χ3n) is 3.16. The van der Waals surface area contributed by atoms with E-state index in [1.165, 1.54) is 16.5 Å². The van der Waals surface area contributed by atoms with Crippen LogP contribution in [-0.2, 0) is 0 Å². The fourth-order valence-electron chi connectivity index (χ4n) is 2.21. The predicted molar refractivity (Wildman–Crippen MR) is 82.1 cm³/mol. The van der Waals surface area contributed by atoms with Gasteiger partial charge in [0.1, 0.15) is 0 Å². The molecular weight excluding hydrogens is 298 g/mol. The Bertz CT molecular complexity index is 706. The third kappa shape index (κ3) is 3.06. The Morgan fingerprint density at radius 1 is 1.21 bits per heavy atom. The number of rotatable bonds is 2. The topological polar surface area (TPSA) is 12.9 Å². The second-order valence-electron chi connectivity index (χ2n) is 5.83. The van der Waals surface area contributed by atoms with E-state index in [1.54, 1.807) is 0 Å². The zero-order valence-corrected chi connectivity index (χ0v) is 13.8. The minimum absolute atomic E-state index is 0.00628. The summed E-state index contributed by atoms with van der Waals surface area (Å²) in [6, 6.07) is 5.91.